The fraction of sp³-hybridized carbons (Fsp3) is 0.357. The van der Waals surface area contributed by atoms with Crippen LogP contribution in [0.3, 0.4) is 0 Å². The van der Waals surface area contributed by atoms with E-state index in [4.69, 9.17) is 0 Å². The minimum atomic E-state index is 0.108. The van der Waals surface area contributed by atoms with Crippen LogP contribution >= 0.6 is 11.3 Å². The van der Waals surface area contributed by atoms with Crippen LogP contribution in [0.4, 0.5) is 5.69 Å². The van der Waals surface area contributed by atoms with Crippen LogP contribution in [0.1, 0.15) is 12.8 Å². The van der Waals surface area contributed by atoms with E-state index in [1.807, 2.05) is 12.1 Å². The van der Waals surface area contributed by atoms with Crippen LogP contribution in [0, 0.1) is 5.92 Å². The monoisotopic (exact) mass is 260 g/mol. The third kappa shape index (κ3) is 2.40. The molecule has 0 bridgehead atoms. The van der Waals surface area contributed by atoms with Crippen molar-refractivity contribution in [2.75, 3.05) is 18.4 Å². The van der Waals surface area contributed by atoms with Crippen molar-refractivity contribution in [3.8, 4) is 0 Å². The number of nitrogens with one attached hydrogen (secondary N) is 2. The van der Waals surface area contributed by atoms with Crippen molar-refractivity contribution in [3.63, 3.8) is 0 Å². The molecule has 18 heavy (non-hydrogen) atoms. The first kappa shape index (κ1) is 11.7. The van der Waals surface area contributed by atoms with Gasteiger partial charge in [-0.3, -0.25) is 4.79 Å². The van der Waals surface area contributed by atoms with E-state index in [0.717, 1.165) is 31.6 Å². The zero-order valence-electron chi connectivity index (χ0n) is 10.1. The SMILES string of the molecule is O=C(Nc1ccc2sccc2c1)C1CCCNC1. The van der Waals surface area contributed by atoms with Crippen LogP contribution in [-0.4, -0.2) is 19.0 Å². The molecule has 1 aliphatic rings. The summed E-state index contributed by atoms with van der Waals surface area (Å²) in [7, 11) is 0. The van der Waals surface area contributed by atoms with Gasteiger partial charge in [0.1, 0.15) is 0 Å². The molecule has 2 aromatic rings. The average molecular weight is 260 g/mol. The molecule has 1 aromatic carbocycles. The standard InChI is InChI=1S/C14H16N2OS/c17-14(11-2-1-6-15-9-11)16-12-3-4-13-10(8-12)5-7-18-13/h3-5,7-8,11,15H,1-2,6,9H2,(H,16,17). The maximum Gasteiger partial charge on any atom is 0.228 e. The highest BCUT2D eigenvalue weighted by atomic mass is 32.1. The lowest BCUT2D eigenvalue weighted by Crippen LogP contribution is -2.37. The minimum Gasteiger partial charge on any atom is -0.326 e. The van der Waals surface area contributed by atoms with Crippen LogP contribution in [0.15, 0.2) is 29.6 Å². The summed E-state index contributed by atoms with van der Waals surface area (Å²) in [6.07, 6.45) is 2.07. The van der Waals surface area contributed by atoms with Crippen molar-refractivity contribution in [2.24, 2.45) is 5.92 Å². The van der Waals surface area contributed by atoms with Gasteiger partial charge in [0, 0.05) is 16.9 Å². The molecule has 0 spiro atoms. The summed E-state index contributed by atoms with van der Waals surface area (Å²) >= 11 is 1.72. The van der Waals surface area contributed by atoms with Crippen molar-refractivity contribution >= 4 is 33.0 Å². The number of benzene rings is 1. The summed E-state index contributed by atoms with van der Waals surface area (Å²) in [6.45, 7) is 1.83. The van der Waals surface area contributed by atoms with Gasteiger partial charge >= 0.3 is 0 Å². The maximum atomic E-state index is 12.1. The van der Waals surface area contributed by atoms with E-state index in [9.17, 15) is 4.79 Å². The molecule has 1 fully saturated rings. The Hall–Kier alpha value is -1.39. The van der Waals surface area contributed by atoms with Crippen molar-refractivity contribution < 1.29 is 4.79 Å². The molecule has 0 aliphatic carbocycles. The summed E-state index contributed by atoms with van der Waals surface area (Å²) in [5.74, 6) is 0.244. The second-order valence-electron chi connectivity index (χ2n) is 4.71. The summed E-state index contributed by atoms with van der Waals surface area (Å²) in [6, 6.07) is 8.17. The number of hydrogen-bond donors (Lipinski definition) is 2. The molecule has 2 heterocycles. The molecule has 3 nitrogen and oxygen atoms in total. The van der Waals surface area contributed by atoms with E-state index in [1.165, 1.54) is 10.1 Å². The molecule has 1 aliphatic heterocycles. The molecule has 1 unspecified atom stereocenters. The Morgan fingerprint density at radius 1 is 1.39 bits per heavy atom. The van der Waals surface area contributed by atoms with Gasteiger partial charge in [-0.05, 0) is 54.4 Å². The first-order chi connectivity index (χ1) is 8.83. The van der Waals surface area contributed by atoms with Gasteiger partial charge in [-0.15, -0.1) is 11.3 Å². The molecule has 4 heteroatoms. The van der Waals surface area contributed by atoms with Gasteiger partial charge in [-0.25, -0.2) is 0 Å². The number of fused-ring (bicyclic) bond motifs is 1. The first-order valence-corrected chi connectivity index (χ1v) is 7.20. The van der Waals surface area contributed by atoms with Gasteiger partial charge in [-0.2, -0.15) is 0 Å². The molecule has 1 atom stereocenters. The van der Waals surface area contributed by atoms with Gasteiger partial charge in [-0.1, -0.05) is 0 Å². The molecule has 3 rings (SSSR count). The molecule has 1 aromatic heterocycles. The summed E-state index contributed by atoms with van der Waals surface area (Å²) < 4.78 is 1.26. The Morgan fingerprint density at radius 2 is 2.33 bits per heavy atom. The summed E-state index contributed by atoms with van der Waals surface area (Å²) in [4.78, 5) is 12.1. The molecular formula is C14H16N2OS. The third-order valence-electron chi connectivity index (χ3n) is 3.39. The van der Waals surface area contributed by atoms with Crippen molar-refractivity contribution in [3.05, 3.63) is 29.6 Å². The van der Waals surface area contributed by atoms with Crippen molar-refractivity contribution in [1.82, 2.24) is 5.32 Å². The molecule has 94 valence electrons. The largest absolute Gasteiger partial charge is 0.326 e. The smallest absolute Gasteiger partial charge is 0.228 e. The van der Waals surface area contributed by atoms with Crippen LogP contribution in [0.25, 0.3) is 10.1 Å². The molecular weight excluding hydrogens is 244 g/mol. The fourth-order valence-corrected chi connectivity index (χ4v) is 3.14. The number of anilines is 1. The quantitative estimate of drug-likeness (QED) is 0.871. The number of piperidine rings is 1. The lowest BCUT2D eigenvalue weighted by Gasteiger charge is -2.21. The zero-order valence-corrected chi connectivity index (χ0v) is 10.9. The number of rotatable bonds is 2. The maximum absolute atomic E-state index is 12.1. The molecule has 1 saturated heterocycles. The number of amides is 1. The predicted molar refractivity (Wildman–Crippen MR) is 76.0 cm³/mol. The average Bonchev–Trinajstić information content (AvgIpc) is 2.87. The van der Waals surface area contributed by atoms with Gasteiger partial charge in [0.2, 0.25) is 5.91 Å². The fourth-order valence-electron chi connectivity index (χ4n) is 2.36. The molecule has 1 amide bonds. The first-order valence-electron chi connectivity index (χ1n) is 6.32. The van der Waals surface area contributed by atoms with Gasteiger partial charge < -0.3 is 10.6 Å². The normalized spacial score (nSPS) is 19.9. The number of carbonyl (C=O) groups is 1. The molecule has 0 radical (unpaired) electrons. The number of thiophene rings is 1. The Labute approximate surface area is 110 Å². The summed E-state index contributed by atoms with van der Waals surface area (Å²) in [5.41, 5.74) is 0.900. The Bertz CT molecular complexity index is 558. The Morgan fingerprint density at radius 3 is 3.17 bits per heavy atom. The van der Waals surface area contributed by atoms with Crippen LogP contribution in [0.2, 0.25) is 0 Å². The van der Waals surface area contributed by atoms with E-state index in [-0.39, 0.29) is 11.8 Å². The van der Waals surface area contributed by atoms with Crippen LogP contribution in [-0.2, 0) is 4.79 Å². The van der Waals surface area contributed by atoms with Gasteiger partial charge in [0.15, 0.2) is 0 Å². The lowest BCUT2D eigenvalue weighted by molar-refractivity contribution is -0.120. The number of carbonyl (C=O) groups excluding carboxylic acids is 1. The Kier molecular flexibility index (Phi) is 3.30. The second kappa shape index (κ2) is 5.08. The lowest BCUT2D eigenvalue weighted by atomic mass is 9.99. The van der Waals surface area contributed by atoms with E-state index in [1.54, 1.807) is 11.3 Å². The van der Waals surface area contributed by atoms with E-state index in [0.29, 0.717) is 0 Å². The number of hydrogen-bond acceptors (Lipinski definition) is 3. The molecule has 2 N–H and O–H groups in total. The van der Waals surface area contributed by atoms with Gasteiger partial charge in [0.25, 0.3) is 0 Å². The van der Waals surface area contributed by atoms with E-state index < -0.39 is 0 Å². The highest BCUT2D eigenvalue weighted by Crippen LogP contribution is 2.24. The second-order valence-corrected chi connectivity index (χ2v) is 5.65. The van der Waals surface area contributed by atoms with Crippen LogP contribution < -0.4 is 10.6 Å². The third-order valence-corrected chi connectivity index (χ3v) is 4.29. The summed E-state index contributed by atoms with van der Waals surface area (Å²) in [5, 5.41) is 9.55. The topological polar surface area (TPSA) is 41.1 Å². The van der Waals surface area contributed by atoms with Crippen molar-refractivity contribution in [2.45, 2.75) is 12.8 Å². The highest BCUT2D eigenvalue weighted by Gasteiger charge is 2.20. The zero-order chi connectivity index (χ0) is 12.4. The van der Waals surface area contributed by atoms with Crippen LogP contribution in [0.5, 0.6) is 0 Å². The van der Waals surface area contributed by atoms with Crippen molar-refractivity contribution in [1.29, 1.82) is 0 Å². The minimum absolute atomic E-state index is 0.108. The Balaban J connectivity index is 1.72. The van der Waals surface area contributed by atoms with Gasteiger partial charge in [0.05, 0.1) is 5.92 Å². The highest BCUT2D eigenvalue weighted by molar-refractivity contribution is 7.17. The molecule has 0 saturated carbocycles. The van der Waals surface area contributed by atoms with E-state index >= 15 is 0 Å². The van der Waals surface area contributed by atoms with E-state index in [2.05, 4.69) is 28.1 Å². The predicted octanol–water partition coefficient (Wildman–Crippen LogP) is 2.84.